The van der Waals surface area contributed by atoms with Gasteiger partial charge in [0.2, 0.25) is 0 Å². The van der Waals surface area contributed by atoms with Gasteiger partial charge in [0, 0.05) is 19.5 Å². The predicted molar refractivity (Wildman–Crippen MR) is 17.9 cm³/mol. The summed E-state index contributed by atoms with van der Waals surface area (Å²) in [7, 11) is 0. The molecular weight excluding hydrogens is 121 g/mol. The molecule has 0 aromatic carbocycles. The van der Waals surface area contributed by atoms with E-state index in [9.17, 15) is 0 Å². The fourth-order valence-corrected chi connectivity index (χ4v) is 0. The SMILES string of the molecule is CC[S-].[Zn]. The monoisotopic (exact) mass is 125 g/mol. The smallest absolute Gasteiger partial charge is 0 e. The number of rotatable bonds is 0. The zero-order valence-electron chi connectivity index (χ0n) is 2.82. The molecule has 22 valence electrons. The molecular formula is C2H5SZn-. The van der Waals surface area contributed by atoms with Crippen LogP contribution in [0.3, 0.4) is 0 Å². The van der Waals surface area contributed by atoms with Gasteiger partial charge in [0.25, 0.3) is 0 Å². The van der Waals surface area contributed by atoms with Crippen LogP contribution < -0.4 is 0 Å². The van der Waals surface area contributed by atoms with E-state index in [4.69, 9.17) is 0 Å². The molecule has 0 heterocycles. The van der Waals surface area contributed by atoms with Crippen LogP contribution in [0.2, 0.25) is 0 Å². The summed E-state index contributed by atoms with van der Waals surface area (Å²) in [5.74, 6) is 0.833. The van der Waals surface area contributed by atoms with Crippen molar-refractivity contribution in [1.82, 2.24) is 0 Å². The number of hydrogen-bond donors (Lipinski definition) is 0. The summed E-state index contributed by atoms with van der Waals surface area (Å²) < 4.78 is 0. The molecule has 2 heteroatoms. The summed E-state index contributed by atoms with van der Waals surface area (Å²) in [5, 5.41) is 0. The van der Waals surface area contributed by atoms with Crippen molar-refractivity contribution in [2.24, 2.45) is 0 Å². The first kappa shape index (κ1) is 8.88. The van der Waals surface area contributed by atoms with E-state index < -0.39 is 0 Å². The standard InChI is InChI=1S/C2H6S.Zn/c1-2-3;/h3H,2H2,1H3;/p-1. The molecule has 0 rings (SSSR count). The molecule has 4 heavy (non-hydrogen) atoms. The molecule has 0 aliphatic heterocycles. The third-order valence-electron chi connectivity index (χ3n) is 0. The molecule has 0 fully saturated rings. The second kappa shape index (κ2) is 9.02. The van der Waals surface area contributed by atoms with Crippen LogP contribution in [-0.2, 0) is 32.1 Å². The summed E-state index contributed by atoms with van der Waals surface area (Å²) >= 11 is 4.39. The summed E-state index contributed by atoms with van der Waals surface area (Å²) in [6.07, 6.45) is 0. The summed E-state index contributed by atoms with van der Waals surface area (Å²) in [6.45, 7) is 1.94. The topological polar surface area (TPSA) is 0 Å². The molecule has 0 aliphatic carbocycles. The molecule has 0 N–H and O–H groups in total. The van der Waals surface area contributed by atoms with Crippen molar-refractivity contribution in [2.75, 3.05) is 5.75 Å². The van der Waals surface area contributed by atoms with Crippen molar-refractivity contribution >= 4 is 12.6 Å². The minimum Gasteiger partial charge on any atom is -0.793 e. The zero-order chi connectivity index (χ0) is 2.71. The Morgan fingerprint density at radius 2 is 1.75 bits per heavy atom. The fourth-order valence-electron chi connectivity index (χ4n) is 0. The van der Waals surface area contributed by atoms with E-state index in [1.165, 1.54) is 0 Å². The van der Waals surface area contributed by atoms with E-state index in [0.717, 1.165) is 5.75 Å². The maximum Gasteiger partial charge on any atom is 0 e. The molecule has 0 saturated heterocycles. The third kappa shape index (κ3) is 12.2. The first-order valence-corrected chi connectivity index (χ1v) is 1.57. The summed E-state index contributed by atoms with van der Waals surface area (Å²) in [4.78, 5) is 0. The van der Waals surface area contributed by atoms with Crippen molar-refractivity contribution in [1.29, 1.82) is 0 Å². The largest absolute Gasteiger partial charge is 0.793 e. The van der Waals surface area contributed by atoms with E-state index >= 15 is 0 Å². The normalized spacial score (nSPS) is 4.50. The minimum atomic E-state index is 0. The van der Waals surface area contributed by atoms with Gasteiger partial charge in [0.15, 0.2) is 0 Å². The first-order valence-electron chi connectivity index (χ1n) is 0.996. The van der Waals surface area contributed by atoms with Gasteiger partial charge in [0.05, 0.1) is 0 Å². The third-order valence-corrected chi connectivity index (χ3v) is 0. The van der Waals surface area contributed by atoms with Gasteiger partial charge in [-0.05, 0) is 0 Å². The molecule has 0 amide bonds. The molecule has 0 unspecified atom stereocenters. The van der Waals surface area contributed by atoms with E-state index in [0.29, 0.717) is 0 Å². The van der Waals surface area contributed by atoms with Crippen molar-refractivity contribution in [3.05, 3.63) is 0 Å². The van der Waals surface area contributed by atoms with Crippen molar-refractivity contribution < 1.29 is 19.5 Å². The first-order chi connectivity index (χ1) is 1.41. The number of hydrogen-bond acceptors (Lipinski definition) is 1. The zero-order valence-corrected chi connectivity index (χ0v) is 6.61. The van der Waals surface area contributed by atoms with E-state index in [-0.39, 0.29) is 19.5 Å². The van der Waals surface area contributed by atoms with Gasteiger partial charge in [-0.25, -0.2) is 0 Å². The van der Waals surface area contributed by atoms with Crippen molar-refractivity contribution in [3.8, 4) is 0 Å². The molecule has 0 aromatic heterocycles. The predicted octanol–water partition coefficient (Wildman–Crippen LogP) is 0.551. The van der Waals surface area contributed by atoms with Crippen LogP contribution in [0.15, 0.2) is 0 Å². The second-order valence-electron chi connectivity index (χ2n) is 0.289. The second-order valence-corrected chi connectivity index (χ2v) is 0.866. The Balaban J connectivity index is 0. The summed E-state index contributed by atoms with van der Waals surface area (Å²) in [5.41, 5.74) is 0. The fraction of sp³-hybridized carbons (Fsp3) is 1.00. The van der Waals surface area contributed by atoms with Gasteiger partial charge < -0.3 is 12.6 Å². The molecule has 0 nitrogen and oxygen atoms in total. The Kier molecular flexibility index (Phi) is 20.0. The van der Waals surface area contributed by atoms with Crippen LogP contribution in [0.5, 0.6) is 0 Å². The van der Waals surface area contributed by atoms with Gasteiger partial charge in [0.1, 0.15) is 0 Å². The average molecular weight is 127 g/mol. The average Bonchev–Trinajstić information content (AvgIpc) is 0.918. The summed E-state index contributed by atoms with van der Waals surface area (Å²) in [6, 6.07) is 0. The van der Waals surface area contributed by atoms with Crippen LogP contribution >= 0.6 is 0 Å². The Morgan fingerprint density at radius 1 is 1.75 bits per heavy atom. The van der Waals surface area contributed by atoms with Gasteiger partial charge in [-0.2, -0.15) is 5.75 Å². The van der Waals surface area contributed by atoms with E-state index in [1.807, 2.05) is 6.92 Å². The Morgan fingerprint density at radius 3 is 1.75 bits per heavy atom. The maximum absolute atomic E-state index is 4.39. The van der Waals surface area contributed by atoms with Gasteiger partial charge >= 0.3 is 0 Å². The van der Waals surface area contributed by atoms with Gasteiger partial charge in [-0.15, -0.1) is 0 Å². The quantitative estimate of drug-likeness (QED) is 0.338. The molecule has 0 spiro atoms. The molecule has 0 bridgehead atoms. The molecule has 0 aliphatic rings. The maximum atomic E-state index is 4.39. The Hall–Kier alpha value is 0.973. The van der Waals surface area contributed by atoms with Gasteiger partial charge in [-0.3, -0.25) is 0 Å². The Labute approximate surface area is 45.1 Å². The Bertz CT molecular complexity index is 6.00. The minimum absolute atomic E-state index is 0. The van der Waals surface area contributed by atoms with Crippen molar-refractivity contribution in [3.63, 3.8) is 0 Å². The van der Waals surface area contributed by atoms with Crippen LogP contribution in [0.25, 0.3) is 0 Å². The van der Waals surface area contributed by atoms with Crippen LogP contribution in [0, 0.1) is 0 Å². The van der Waals surface area contributed by atoms with E-state index in [2.05, 4.69) is 12.6 Å². The molecule has 0 saturated carbocycles. The van der Waals surface area contributed by atoms with Crippen molar-refractivity contribution in [2.45, 2.75) is 6.92 Å². The van der Waals surface area contributed by atoms with Crippen LogP contribution in [0.4, 0.5) is 0 Å². The molecule has 0 radical (unpaired) electrons. The van der Waals surface area contributed by atoms with Crippen LogP contribution in [0.1, 0.15) is 6.92 Å². The van der Waals surface area contributed by atoms with Crippen LogP contribution in [-0.4, -0.2) is 5.75 Å². The van der Waals surface area contributed by atoms with E-state index in [1.54, 1.807) is 0 Å². The van der Waals surface area contributed by atoms with Gasteiger partial charge in [-0.1, -0.05) is 6.92 Å². The molecule has 0 atom stereocenters. The molecule has 0 aromatic rings.